The second kappa shape index (κ2) is 7.14. The minimum absolute atomic E-state index is 0.0202. The number of hydrogen-bond acceptors (Lipinski definition) is 4. The molecular formula is C19H25N3O3. The zero-order valence-electron chi connectivity index (χ0n) is 14.5. The van der Waals surface area contributed by atoms with Gasteiger partial charge in [-0.15, -0.1) is 0 Å². The summed E-state index contributed by atoms with van der Waals surface area (Å²) in [5.74, 6) is 0.411. The van der Waals surface area contributed by atoms with Crippen LogP contribution in [-0.2, 0) is 20.7 Å². The van der Waals surface area contributed by atoms with Crippen LogP contribution >= 0.6 is 0 Å². The number of rotatable bonds is 3. The molecule has 0 spiro atoms. The van der Waals surface area contributed by atoms with Gasteiger partial charge in [-0.3, -0.25) is 14.5 Å². The van der Waals surface area contributed by atoms with Crippen molar-refractivity contribution in [2.24, 2.45) is 0 Å². The Morgan fingerprint density at radius 2 is 1.64 bits per heavy atom. The van der Waals surface area contributed by atoms with Gasteiger partial charge in [0.2, 0.25) is 11.8 Å². The molecule has 1 aromatic carbocycles. The lowest BCUT2D eigenvalue weighted by molar-refractivity contribution is -0.141. The number of hydrogen-bond donors (Lipinski definition) is 0. The van der Waals surface area contributed by atoms with E-state index >= 15 is 0 Å². The molecule has 0 saturated carbocycles. The van der Waals surface area contributed by atoms with Crippen molar-refractivity contribution in [3.63, 3.8) is 0 Å². The fourth-order valence-electron chi connectivity index (χ4n) is 3.93. The van der Waals surface area contributed by atoms with Gasteiger partial charge in [0.15, 0.2) is 0 Å². The summed E-state index contributed by atoms with van der Waals surface area (Å²) in [5, 5.41) is 0. The molecule has 6 heteroatoms. The van der Waals surface area contributed by atoms with Crippen LogP contribution in [0.1, 0.15) is 17.0 Å². The molecule has 0 bridgehead atoms. The Bertz CT molecular complexity index is 649. The minimum atomic E-state index is 0.0202. The average Bonchev–Trinajstić information content (AvgIpc) is 2.63. The van der Waals surface area contributed by atoms with Crippen molar-refractivity contribution in [1.82, 2.24) is 14.7 Å². The van der Waals surface area contributed by atoms with E-state index in [1.54, 1.807) is 0 Å². The van der Waals surface area contributed by atoms with Gasteiger partial charge < -0.3 is 14.5 Å². The maximum Gasteiger partial charge on any atom is 0.236 e. The Morgan fingerprint density at radius 3 is 2.36 bits per heavy atom. The molecule has 0 radical (unpaired) electrons. The summed E-state index contributed by atoms with van der Waals surface area (Å²) in [4.78, 5) is 31.2. The molecule has 25 heavy (non-hydrogen) atoms. The van der Waals surface area contributed by atoms with E-state index < -0.39 is 0 Å². The van der Waals surface area contributed by atoms with Crippen LogP contribution < -0.4 is 0 Å². The van der Waals surface area contributed by atoms with Crippen LogP contribution in [0.2, 0.25) is 0 Å². The lowest BCUT2D eigenvalue weighted by Crippen LogP contribution is -2.54. The first-order chi connectivity index (χ1) is 12.2. The number of carbonyl (C=O) groups excluding carboxylic acids is 2. The molecule has 0 N–H and O–H groups in total. The highest BCUT2D eigenvalue weighted by Gasteiger charge is 2.36. The molecule has 1 unspecified atom stereocenters. The quantitative estimate of drug-likeness (QED) is 0.794. The lowest BCUT2D eigenvalue weighted by atomic mass is 9.77. The van der Waals surface area contributed by atoms with Gasteiger partial charge in [0.1, 0.15) is 0 Å². The normalized spacial score (nSPS) is 23.8. The van der Waals surface area contributed by atoms with E-state index in [4.69, 9.17) is 4.74 Å². The number of amides is 2. The van der Waals surface area contributed by atoms with Crippen LogP contribution in [0.5, 0.6) is 0 Å². The number of nitrogens with zero attached hydrogens (tertiary/aromatic N) is 3. The van der Waals surface area contributed by atoms with Gasteiger partial charge in [-0.1, -0.05) is 24.3 Å². The number of carbonyl (C=O) groups is 2. The van der Waals surface area contributed by atoms with Gasteiger partial charge in [0, 0.05) is 39.3 Å². The lowest BCUT2D eigenvalue weighted by Gasteiger charge is -2.39. The molecule has 0 aromatic heterocycles. The molecule has 1 atom stereocenters. The highest BCUT2D eigenvalue weighted by Crippen LogP contribution is 2.36. The first-order valence-electron chi connectivity index (χ1n) is 9.17. The minimum Gasteiger partial charge on any atom is -0.379 e. The fraction of sp³-hybridized carbons (Fsp3) is 0.579. The van der Waals surface area contributed by atoms with Crippen LogP contribution in [0.4, 0.5) is 0 Å². The number of piperazine rings is 1. The van der Waals surface area contributed by atoms with Crippen molar-refractivity contribution in [3.8, 4) is 0 Å². The fourth-order valence-corrected chi connectivity index (χ4v) is 3.93. The SMILES string of the molecule is O=C(CN1CCOCC1)N1CCN(C(=O)C2Cc3ccccc32)CC1. The van der Waals surface area contributed by atoms with E-state index in [1.165, 1.54) is 11.1 Å². The second-order valence-corrected chi connectivity index (χ2v) is 7.05. The van der Waals surface area contributed by atoms with E-state index in [9.17, 15) is 9.59 Å². The number of benzene rings is 1. The van der Waals surface area contributed by atoms with Gasteiger partial charge in [-0.05, 0) is 17.5 Å². The van der Waals surface area contributed by atoms with Crippen molar-refractivity contribution in [3.05, 3.63) is 35.4 Å². The molecule has 2 amide bonds. The Morgan fingerprint density at radius 1 is 0.960 bits per heavy atom. The van der Waals surface area contributed by atoms with E-state index in [-0.39, 0.29) is 17.7 Å². The van der Waals surface area contributed by atoms with Gasteiger partial charge in [-0.25, -0.2) is 0 Å². The van der Waals surface area contributed by atoms with Gasteiger partial charge in [-0.2, -0.15) is 0 Å². The molecule has 4 rings (SSSR count). The van der Waals surface area contributed by atoms with Crippen molar-refractivity contribution in [2.75, 3.05) is 59.0 Å². The number of fused-ring (bicyclic) bond motifs is 1. The predicted octanol–water partition coefficient (Wildman–Crippen LogP) is 0.329. The van der Waals surface area contributed by atoms with Crippen LogP contribution in [0.3, 0.4) is 0 Å². The Balaban J connectivity index is 1.27. The summed E-state index contributed by atoms with van der Waals surface area (Å²) in [6.45, 7) is 6.10. The third kappa shape index (κ3) is 3.41. The molecule has 134 valence electrons. The Kier molecular flexibility index (Phi) is 4.72. The second-order valence-electron chi connectivity index (χ2n) is 7.05. The van der Waals surface area contributed by atoms with E-state index in [0.717, 1.165) is 19.5 Å². The van der Waals surface area contributed by atoms with E-state index in [1.807, 2.05) is 21.9 Å². The Hall–Kier alpha value is -1.92. The summed E-state index contributed by atoms with van der Waals surface area (Å²) in [5.41, 5.74) is 2.47. The zero-order chi connectivity index (χ0) is 17.2. The van der Waals surface area contributed by atoms with Gasteiger partial charge in [0.05, 0.1) is 25.7 Å². The van der Waals surface area contributed by atoms with E-state index in [2.05, 4.69) is 17.0 Å². The van der Waals surface area contributed by atoms with Crippen LogP contribution in [-0.4, -0.2) is 85.5 Å². The standard InChI is InChI=1S/C19H25N3O3/c23-18(14-20-9-11-25-12-10-20)21-5-7-22(8-6-21)19(24)17-13-15-3-1-2-4-16(15)17/h1-4,17H,5-14H2. The van der Waals surface area contributed by atoms with Crippen molar-refractivity contribution >= 4 is 11.8 Å². The van der Waals surface area contributed by atoms with Crippen molar-refractivity contribution in [1.29, 1.82) is 0 Å². The monoisotopic (exact) mass is 343 g/mol. The molecule has 3 aliphatic rings. The van der Waals surface area contributed by atoms with Crippen LogP contribution in [0.15, 0.2) is 24.3 Å². The highest BCUT2D eigenvalue weighted by molar-refractivity contribution is 5.87. The third-order valence-electron chi connectivity index (χ3n) is 5.56. The molecule has 6 nitrogen and oxygen atoms in total. The smallest absolute Gasteiger partial charge is 0.236 e. The summed E-state index contributed by atoms with van der Waals surface area (Å²) in [7, 11) is 0. The molecule has 1 aliphatic carbocycles. The van der Waals surface area contributed by atoms with Crippen molar-refractivity contribution in [2.45, 2.75) is 12.3 Å². The zero-order valence-corrected chi connectivity index (χ0v) is 14.5. The molecule has 1 aromatic rings. The average molecular weight is 343 g/mol. The van der Waals surface area contributed by atoms with E-state index in [0.29, 0.717) is 45.9 Å². The summed E-state index contributed by atoms with van der Waals surface area (Å²) in [6.07, 6.45) is 0.852. The number of ether oxygens (including phenoxy) is 1. The Labute approximate surface area is 148 Å². The van der Waals surface area contributed by atoms with Gasteiger partial charge in [0.25, 0.3) is 0 Å². The third-order valence-corrected chi connectivity index (χ3v) is 5.56. The first-order valence-corrected chi connectivity index (χ1v) is 9.17. The van der Waals surface area contributed by atoms with Crippen molar-refractivity contribution < 1.29 is 14.3 Å². The molecule has 2 saturated heterocycles. The molecule has 2 fully saturated rings. The first kappa shape index (κ1) is 16.5. The van der Waals surface area contributed by atoms with Crippen LogP contribution in [0, 0.1) is 0 Å². The topological polar surface area (TPSA) is 53.1 Å². The summed E-state index contributed by atoms with van der Waals surface area (Å²) in [6, 6.07) is 8.18. The number of morpholine rings is 1. The summed E-state index contributed by atoms with van der Waals surface area (Å²) >= 11 is 0. The predicted molar refractivity (Wildman–Crippen MR) is 93.3 cm³/mol. The van der Waals surface area contributed by atoms with Gasteiger partial charge >= 0.3 is 0 Å². The highest BCUT2D eigenvalue weighted by atomic mass is 16.5. The maximum absolute atomic E-state index is 12.7. The van der Waals surface area contributed by atoms with Crippen LogP contribution in [0.25, 0.3) is 0 Å². The molecule has 2 heterocycles. The molecular weight excluding hydrogens is 318 g/mol. The summed E-state index contributed by atoms with van der Waals surface area (Å²) < 4.78 is 5.32. The molecule has 2 aliphatic heterocycles. The maximum atomic E-state index is 12.7. The largest absolute Gasteiger partial charge is 0.379 e.